The molecule has 1 amide bonds. The molecule has 170 valence electrons. The summed E-state index contributed by atoms with van der Waals surface area (Å²) < 4.78 is 27.5. The molecule has 1 aromatic carbocycles. The number of nitrogens with zero attached hydrogens (tertiary/aromatic N) is 6. The molecule has 5 rings (SSSR count). The monoisotopic (exact) mass is 442 g/mol. The maximum atomic E-state index is 14.2. The summed E-state index contributed by atoms with van der Waals surface area (Å²) >= 11 is 0. The van der Waals surface area contributed by atoms with Gasteiger partial charge >= 0.3 is 0 Å². The number of likely N-dealkylation sites (N-methyl/N-ethyl adjacent to an activating group) is 1. The highest BCUT2D eigenvalue weighted by Gasteiger charge is 2.31. The van der Waals surface area contributed by atoms with Crippen molar-refractivity contribution in [2.75, 3.05) is 62.7 Å². The normalized spacial score (nSPS) is 19.4. The summed E-state index contributed by atoms with van der Waals surface area (Å²) in [6.45, 7) is 6.39. The fourth-order valence-electron chi connectivity index (χ4n) is 4.73. The van der Waals surface area contributed by atoms with E-state index >= 15 is 0 Å². The van der Waals surface area contributed by atoms with Crippen molar-refractivity contribution in [3.05, 3.63) is 46.7 Å². The SMILES string of the molecule is CN1CCN(c2nc3c(c(N4CCCC4)n2)CN(C(=O)c2ccc(F)cc2F)CC3)CC1. The molecule has 0 atom stereocenters. The number of anilines is 2. The highest BCUT2D eigenvalue weighted by molar-refractivity contribution is 5.94. The molecule has 0 unspecified atom stereocenters. The summed E-state index contributed by atoms with van der Waals surface area (Å²) in [5.41, 5.74) is 1.82. The van der Waals surface area contributed by atoms with Crippen LogP contribution in [0.4, 0.5) is 20.5 Å². The maximum Gasteiger partial charge on any atom is 0.257 e. The predicted molar refractivity (Wildman–Crippen MR) is 118 cm³/mol. The van der Waals surface area contributed by atoms with Crippen molar-refractivity contribution in [1.29, 1.82) is 0 Å². The Hall–Kier alpha value is -2.81. The molecule has 0 radical (unpaired) electrons. The van der Waals surface area contributed by atoms with Gasteiger partial charge in [0.2, 0.25) is 5.95 Å². The first-order valence-electron chi connectivity index (χ1n) is 11.3. The third-order valence-corrected chi connectivity index (χ3v) is 6.67. The van der Waals surface area contributed by atoms with Crippen LogP contribution >= 0.6 is 0 Å². The van der Waals surface area contributed by atoms with Crippen LogP contribution in [0.25, 0.3) is 0 Å². The van der Waals surface area contributed by atoms with Crippen molar-refractivity contribution in [3.8, 4) is 0 Å². The summed E-state index contributed by atoms with van der Waals surface area (Å²) in [5, 5.41) is 0. The van der Waals surface area contributed by atoms with E-state index in [4.69, 9.17) is 9.97 Å². The molecule has 3 aliphatic heterocycles. The Morgan fingerprint density at radius 3 is 2.41 bits per heavy atom. The van der Waals surface area contributed by atoms with E-state index in [-0.39, 0.29) is 5.56 Å². The van der Waals surface area contributed by atoms with Gasteiger partial charge < -0.3 is 19.6 Å². The average molecular weight is 443 g/mol. The number of benzene rings is 1. The Balaban J connectivity index is 1.46. The molecule has 9 heteroatoms. The van der Waals surface area contributed by atoms with Crippen LogP contribution in [0.3, 0.4) is 0 Å². The largest absolute Gasteiger partial charge is 0.356 e. The van der Waals surface area contributed by atoms with E-state index in [9.17, 15) is 13.6 Å². The first-order valence-corrected chi connectivity index (χ1v) is 11.3. The summed E-state index contributed by atoms with van der Waals surface area (Å²) in [5.74, 6) is -0.281. The molecule has 0 spiro atoms. The van der Waals surface area contributed by atoms with Crippen LogP contribution in [0, 0.1) is 11.6 Å². The molecule has 0 N–H and O–H groups in total. The standard InChI is InChI=1S/C23H28F2N6O/c1-28-10-12-30(13-11-28)23-26-20-6-9-31(22(32)17-5-4-16(24)14-19(17)25)15-18(20)21(27-23)29-7-2-3-8-29/h4-5,14H,2-3,6-13,15H2,1H3. The Bertz CT molecular complexity index is 1020. The van der Waals surface area contributed by atoms with Gasteiger partial charge in [-0.3, -0.25) is 4.79 Å². The minimum atomic E-state index is -0.831. The molecule has 0 bridgehead atoms. The molecule has 3 aliphatic rings. The van der Waals surface area contributed by atoms with Crippen LogP contribution in [0.2, 0.25) is 0 Å². The Morgan fingerprint density at radius 2 is 1.69 bits per heavy atom. The first kappa shape index (κ1) is 21.1. The van der Waals surface area contributed by atoms with Gasteiger partial charge in [-0.05, 0) is 32.0 Å². The van der Waals surface area contributed by atoms with E-state index in [0.29, 0.717) is 19.5 Å². The number of piperazine rings is 1. The molecular weight excluding hydrogens is 414 g/mol. The molecule has 0 saturated carbocycles. The predicted octanol–water partition coefficient (Wildman–Crippen LogP) is 2.31. The lowest BCUT2D eigenvalue weighted by Crippen LogP contribution is -2.45. The van der Waals surface area contributed by atoms with Gasteiger partial charge in [0.05, 0.1) is 17.8 Å². The van der Waals surface area contributed by atoms with Gasteiger partial charge in [0.25, 0.3) is 5.91 Å². The smallest absolute Gasteiger partial charge is 0.257 e. The summed E-state index contributed by atoms with van der Waals surface area (Å²) in [6.07, 6.45) is 2.83. The van der Waals surface area contributed by atoms with E-state index in [1.807, 2.05) is 0 Å². The summed E-state index contributed by atoms with van der Waals surface area (Å²) in [4.78, 5) is 31.3. The van der Waals surface area contributed by atoms with Gasteiger partial charge in [0.15, 0.2) is 0 Å². The summed E-state index contributed by atoms with van der Waals surface area (Å²) in [7, 11) is 2.12. The zero-order chi connectivity index (χ0) is 22.2. The third-order valence-electron chi connectivity index (χ3n) is 6.67. The van der Waals surface area contributed by atoms with Crippen molar-refractivity contribution in [3.63, 3.8) is 0 Å². The second kappa shape index (κ2) is 8.61. The van der Waals surface area contributed by atoms with Gasteiger partial charge in [-0.25, -0.2) is 13.8 Å². The van der Waals surface area contributed by atoms with Gasteiger partial charge in [-0.2, -0.15) is 4.98 Å². The van der Waals surface area contributed by atoms with Crippen LogP contribution in [-0.2, 0) is 13.0 Å². The maximum absolute atomic E-state index is 14.2. The van der Waals surface area contributed by atoms with Gasteiger partial charge in [0, 0.05) is 63.9 Å². The van der Waals surface area contributed by atoms with Crippen LogP contribution in [0.15, 0.2) is 18.2 Å². The van der Waals surface area contributed by atoms with E-state index in [2.05, 4.69) is 21.7 Å². The number of carbonyl (C=O) groups excluding carboxylic acids is 1. The number of fused-ring (bicyclic) bond motifs is 1. The van der Waals surface area contributed by atoms with Gasteiger partial charge in [-0.15, -0.1) is 0 Å². The lowest BCUT2D eigenvalue weighted by atomic mass is 10.0. The number of rotatable bonds is 3. The topological polar surface area (TPSA) is 55.8 Å². The minimum Gasteiger partial charge on any atom is -0.356 e. The second-order valence-electron chi connectivity index (χ2n) is 8.86. The van der Waals surface area contributed by atoms with Crippen LogP contribution in [0.1, 0.15) is 34.5 Å². The second-order valence-corrected chi connectivity index (χ2v) is 8.86. The summed E-state index contributed by atoms with van der Waals surface area (Å²) in [6, 6.07) is 3.10. The number of halogens is 2. The molecule has 2 fully saturated rings. The Kier molecular flexibility index (Phi) is 5.67. The highest BCUT2D eigenvalue weighted by Crippen LogP contribution is 2.32. The molecule has 2 aromatic rings. The zero-order valence-corrected chi connectivity index (χ0v) is 18.4. The molecule has 32 heavy (non-hydrogen) atoms. The Morgan fingerprint density at radius 1 is 0.938 bits per heavy atom. The van der Waals surface area contributed by atoms with E-state index in [1.54, 1.807) is 4.90 Å². The minimum absolute atomic E-state index is 0.104. The van der Waals surface area contributed by atoms with E-state index in [1.165, 1.54) is 6.07 Å². The Labute approximate surface area is 186 Å². The number of carbonyl (C=O) groups is 1. The van der Waals surface area contributed by atoms with Crippen molar-refractivity contribution < 1.29 is 13.6 Å². The fourth-order valence-corrected chi connectivity index (χ4v) is 4.73. The molecule has 2 saturated heterocycles. The van der Waals surface area contributed by atoms with Gasteiger partial charge in [-0.1, -0.05) is 0 Å². The zero-order valence-electron chi connectivity index (χ0n) is 18.4. The van der Waals surface area contributed by atoms with Crippen LogP contribution < -0.4 is 9.80 Å². The number of hydrogen-bond donors (Lipinski definition) is 0. The molecule has 7 nitrogen and oxygen atoms in total. The number of hydrogen-bond acceptors (Lipinski definition) is 6. The number of aromatic nitrogens is 2. The lowest BCUT2D eigenvalue weighted by Gasteiger charge is -2.35. The molecule has 0 aliphatic carbocycles. The third kappa shape index (κ3) is 4.01. The van der Waals surface area contributed by atoms with Gasteiger partial charge in [0.1, 0.15) is 17.5 Å². The molecule has 1 aromatic heterocycles. The van der Waals surface area contributed by atoms with Crippen molar-refractivity contribution in [1.82, 2.24) is 19.8 Å². The molecular formula is C23H28F2N6O. The van der Waals surface area contributed by atoms with Crippen molar-refractivity contribution in [2.24, 2.45) is 0 Å². The van der Waals surface area contributed by atoms with E-state index in [0.717, 1.165) is 87.3 Å². The first-order chi connectivity index (χ1) is 15.5. The van der Waals surface area contributed by atoms with Crippen LogP contribution in [0.5, 0.6) is 0 Å². The van der Waals surface area contributed by atoms with Crippen molar-refractivity contribution >= 4 is 17.7 Å². The van der Waals surface area contributed by atoms with Crippen LogP contribution in [-0.4, -0.2) is 78.5 Å². The lowest BCUT2D eigenvalue weighted by molar-refractivity contribution is 0.0729. The molecule has 4 heterocycles. The fraction of sp³-hybridized carbons (Fsp3) is 0.522. The average Bonchev–Trinajstić information content (AvgIpc) is 3.33. The van der Waals surface area contributed by atoms with Crippen molar-refractivity contribution in [2.45, 2.75) is 25.8 Å². The highest BCUT2D eigenvalue weighted by atomic mass is 19.1. The van der Waals surface area contributed by atoms with E-state index < -0.39 is 17.5 Å². The number of amides is 1. The quantitative estimate of drug-likeness (QED) is 0.727.